The van der Waals surface area contributed by atoms with E-state index in [4.69, 9.17) is 4.42 Å². The van der Waals surface area contributed by atoms with Gasteiger partial charge in [0.1, 0.15) is 5.76 Å². The van der Waals surface area contributed by atoms with Gasteiger partial charge in [-0.15, -0.1) is 0 Å². The highest BCUT2D eigenvalue weighted by Crippen LogP contribution is 2.21. The Balaban J connectivity index is 1.86. The molecule has 0 fully saturated rings. The predicted octanol–water partition coefficient (Wildman–Crippen LogP) is 3.35. The summed E-state index contributed by atoms with van der Waals surface area (Å²) in [5, 5.41) is 0. The minimum absolute atomic E-state index is 0.591. The molecule has 0 aromatic carbocycles. The van der Waals surface area contributed by atoms with Crippen molar-refractivity contribution in [3.05, 3.63) is 48.5 Å². The molecule has 0 amide bonds. The Labute approximate surface area is 124 Å². The summed E-state index contributed by atoms with van der Waals surface area (Å²) >= 11 is 0. The van der Waals surface area contributed by atoms with Crippen LogP contribution in [0.25, 0.3) is 11.6 Å². The van der Waals surface area contributed by atoms with Gasteiger partial charge in [0.05, 0.1) is 18.6 Å². The monoisotopic (exact) mass is 284 g/mol. The highest BCUT2D eigenvalue weighted by molar-refractivity contribution is 5.48. The standard InChI is InChI=1S/C16H20N4O/c1-12(2)9-20-11-17-8-14(20)10-19-7-6-18-16(19)15-5-4-13(3)21-15/h4-8,11-12H,9-10H2,1-3H3. The first-order valence-electron chi connectivity index (χ1n) is 7.20. The Morgan fingerprint density at radius 3 is 2.81 bits per heavy atom. The minimum Gasteiger partial charge on any atom is -0.458 e. The third-order valence-corrected chi connectivity index (χ3v) is 3.37. The summed E-state index contributed by atoms with van der Waals surface area (Å²) in [6.07, 6.45) is 7.58. The van der Waals surface area contributed by atoms with E-state index < -0.39 is 0 Å². The first kappa shape index (κ1) is 13.7. The fraction of sp³-hybridized carbons (Fsp3) is 0.375. The van der Waals surface area contributed by atoms with Crippen LogP contribution in [0.3, 0.4) is 0 Å². The van der Waals surface area contributed by atoms with E-state index in [0.717, 1.165) is 30.4 Å². The predicted molar refractivity (Wildman–Crippen MR) is 80.8 cm³/mol. The molecular weight excluding hydrogens is 264 g/mol. The maximum atomic E-state index is 5.68. The van der Waals surface area contributed by atoms with Crippen molar-refractivity contribution < 1.29 is 4.42 Å². The molecule has 0 saturated heterocycles. The van der Waals surface area contributed by atoms with Crippen LogP contribution in [0.15, 0.2) is 41.5 Å². The number of nitrogens with zero attached hydrogens (tertiary/aromatic N) is 4. The van der Waals surface area contributed by atoms with Crippen LogP contribution in [-0.2, 0) is 13.1 Å². The summed E-state index contributed by atoms with van der Waals surface area (Å²) in [5.41, 5.74) is 1.17. The van der Waals surface area contributed by atoms with Crippen molar-refractivity contribution in [1.29, 1.82) is 0 Å². The van der Waals surface area contributed by atoms with Crippen molar-refractivity contribution in [2.24, 2.45) is 5.92 Å². The summed E-state index contributed by atoms with van der Waals surface area (Å²) in [4.78, 5) is 8.68. The lowest BCUT2D eigenvalue weighted by Gasteiger charge is -2.12. The van der Waals surface area contributed by atoms with Crippen LogP contribution in [0.4, 0.5) is 0 Å². The lowest BCUT2D eigenvalue weighted by molar-refractivity contribution is 0.502. The van der Waals surface area contributed by atoms with E-state index in [1.54, 1.807) is 6.20 Å². The molecular formula is C16H20N4O. The van der Waals surface area contributed by atoms with Gasteiger partial charge in [-0.2, -0.15) is 0 Å². The molecule has 21 heavy (non-hydrogen) atoms. The topological polar surface area (TPSA) is 48.8 Å². The second-order valence-corrected chi connectivity index (χ2v) is 5.72. The highest BCUT2D eigenvalue weighted by Gasteiger charge is 2.12. The Morgan fingerprint density at radius 1 is 1.24 bits per heavy atom. The van der Waals surface area contributed by atoms with Gasteiger partial charge in [0.15, 0.2) is 11.6 Å². The average molecular weight is 284 g/mol. The summed E-state index contributed by atoms with van der Waals surface area (Å²) in [6.45, 7) is 8.06. The number of aryl methyl sites for hydroxylation is 1. The Hall–Kier alpha value is -2.30. The SMILES string of the molecule is Cc1ccc(-c2nccn2Cc2cncn2CC(C)C)o1. The van der Waals surface area contributed by atoms with Gasteiger partial charge < -0.3 is 13.6 Å². The van der Waals surface area contributed by atoms with Crippen molar-refractivity contribution >= 4 is 0 Å². The van der Waals surface area contributed by atoms with E-state index in [-0.39, 0.29) is 0 Å². The van der Waals surface area contributed by atoms with Gasteiger partial charge in [0.2, 0.25) is 0 Å². The van der Waals surface area contributed by atoms with Gasteiger partial charge in [-0.25, -0.2) is 9.97 Å². The zero-order valence-corrected chi connectivity index (χ0v) is 12.7. The Morgan fingerprint density at radius 2 is 2.10 bits per heavy atom. The summed E-state index contributed by atoms with van der Waals surface area (Å²) in [6, 6.07) is 3.91. The third-order valence-electron chi connectivity index (χ3n) is 3.37. The fourth-order valence-electron chi connectivity index (χ4n) is 2.43. The lowest BCUT2D eigenvalue weighted by atomic mass is 10.2. The van der Waals surface area contributed by atoms with E-state index in [1.165, 1.54) is 5.69 Å². The molecule has 3 aromatic rings. The molecule has 0 N–H and O–H groups in total. The van der Waals surface area contributed by atoms with Gasteiger partial charge in [-0.1, -0.05) is 13.8 Å². The molecule has 110 valence electrons. The van der Waals surface area contributed by atoms with Crippen molar-refractivity contribution in [3.63, 3.8) is 0 Å². The van der Waals surface area contributed by atoms with Crippen LogP contribution < -0.4 is 0 Å². The first-order chi connectivity index (χ1) is 10.1. The van der Waals surface area contributed by atoms with E-state index >= 15 is 0 Å². The number of furan rings is 1. The summed E-state index contributed by atoms with van der Waals surface area (Å²) < 4.78 is 9.96. The van der Waals surface area contributed by atoms with Gasteiger partial charge in [-0.3, -0.25) is 0 Å². The Bertz CT molecular complexity index is 720. The Kier molecular flexibility index (Phi) is 3.64. The average Bonchev–Trinajstić information content (AvgIpc) is 3.12. The molecule has 0 aliphatic heterocycles. The van der Waals surface area contributed by atoms with E-state index in [0.29, 0.717) is 5.92 Å². The number of hydrogen-bond acceptors (Lipinski definition) is 3. The van der Waals surface area contributed by atoms with E-state index in [9.17, 15) is 0 Å². The maximum Gasteiger partial charge on any atom is 0.176 e. The molecule has 3 aromatic heterocycles. The van der Waals surface area contributed by atoms with Crippen molar-refractivity contribution in [2.75, 3.05) is 0 Å². The summed E-state index contributed by atoms with van der Waals surface area (Å²) in [5.74, 6) is 3.13. The van der Waals surface area contributed by atoms with Crippen LogP contribution in [0.1, 0.15) is 25.3 Å². The van der Waals surface area contributed by atoms with Crippen LogP contribution >= 0.6 is 0 Å². The number of aromatic nitrogens is 4. The molecule has 0 radical (unpaired) electrons. The quantitative estimate of drug-likeness (QED) is 0.722. The van der Waals surface area contributed by atoms with E-state index in [2.05, 4.69) is 32.9 Å². The smallest absolute Gasteiger partial charge is 0.176 e. The first-order valence-corrected chi connectivity index (χ1v) is 7.20. The van der Waals surface area contributed by atoms with Crippen LogP contribution in [0.2, 0.25) is 0 Å². The molecule has 3 heterocycles. The molecule has 0 bridgehead atoms. The molecule has 0 atom stereocenters. The van der Waals surface area contributed by atoms with Crippen molar-refractivity contribution in [3.8, 4) is 11.6 Å². The molecule has 0 aliphatic rings. The molecule has 0 spiro atoms. The zero-order chi connectivity index (χ0) is 14.8. The number of hydrogen-bond donors (Lipinski definition) is 0. The molecule has 0 unspecified atom stereocenters. The third kappa shape index (κ3) is 2.91. The van der Waals surface area contributed by atoms with Crippen LogP contribution in [0, 0.1) is 12.8 Å². The largest absolute Gasteiger partial charge is 0.458 e. The van der Waals surface area contributed by atoms with Crippen molar-refractivity contribution in [1.82, 2.24) is 19.1 Å². The summed E-state index contributed by atoms with van der Waals surface area (Å²) in [7, 11) is 0. The maximum absolute atomic E-state index is 5.68. The van der Waals surface area contributed by atoms with Gasteiger partial charge in [0.25, 0.3) is 0 Å². The van der Waals surface area contributed by atoms with Gasteiger partial charge in [0, 0.05) is 25.1 Å². The van der Waals surface area contributed by atoms with E-state index in [1.807, 2.05) is 37.8 Å². The normalized spacial score (nSPS) is 11.4. The molecule has 5 heteroatoms. The second-order valence-electron chi connectivity index (χ2n) is 5.72. The number of rotatable bonds is 5. The molecule has 0 aliphatic carbocycles. The molecule has 5 nitrogen and oxygen atoms in total. The fourth-order valence-corrected chi connectivity index (χ4v) is 2.43. The van der Waals surface area contributed by atoms with Gasteiger partial charge in [-0.05, 0) is 25.0 Å². The minimum atomic E-state index is 0.591. The van der Waals surface area contributed by atoms with Crippen LogP contribution in [0.5, 0.6) is 0 Å². The molecule has 3 rings (SSSR count). The lowest BCUT2D eigenvalue weighted by Crippen LogP contribution is -2.10. The second kappa shape index (κ2) is 5.60. The van der Waals surface area contributed by atoms with Gasteiger partial charge >= 0.3 is 0 Å². The highest BCUT2D eigenvalue weighted by atomic mass is 16.3. The zero-order valence-electron chi connectivity index (χ0n) is 12.7. The number of imidazole rings is 2. The van der Waals surface area contributed by atoms with Crippen molar-refractivity contribution in [2.45, 2.75) is 33.9 Å². The molecule has 0 saturated carbocycles. The van der Waals surface area contributed by atoms with Crippen LogP contribution in [-0.4, -0.2) is 19.1 Å².